The molecule has 0 unspecified atom stereocenters. The highest BCUT2D eigenvalue weighted by molar-refractivity contribution is 7.28. The van der Waals surface area contributed by atoms with Crippen molar-refractivity contribution in [1.82, 2.24) is 0 Å². The first-order valence-electron chi connectivity index (χ1n) is 6.32. The third-order valence-corrected chi connectivity index (χ3v) is 5.49. The van der Waals surface area contributed by atoms with E-state index in [1.54, 1.807) is 22.7 Å². The van der Waals surface area contributed by atoms with Crippen molar-refractivity contribution < 1.29 is 4.79 Å². The Bertz CT molecular complexity index is 896. The van der Waals surface area contributed by atoms with Gasteiger partial charge in [-0.3, -0.25) is 4.79 Å². The fraction of sp³-hybridized carbons (Fsp3) is 0. The molecule has 0 saturated carbocycles. The maximum absolute atomic E-state index is 12.7. The molecule has 4 rings (SSSR count). The normalized spacial score (nSPS) is 11.2. The van der Waals surface area contributed by atoms with Crippen molar-refractivity contribution in [2.75, 3.05) is 0 Å². The molecule has 0 atom stereocenters. The molecule has 0 aliphatic carbocycles. The average molecular weight is 294 g/mol. The van der Waals surface area contributed by atoms with Crippen LogP contribution in [-0.2, 0) is 0 Å². The van der Waals surface area contributed by atoms with Gasteiger partial charge in [0, 0.05) is 15.0 Å². The Kier molecular flexibility index (Phi) is 2.69. The van der Waals surface area contributed by atoms with Crippen molar-refractivity contribution in [2.45, 2.75) is 0 Å². The average Bonchev–Trinajstić information content (AvgIpc) is 3.07. The van der Waals surface area contributed by atoms with Crippen molar-refractivity contribution in [1.29, 1.82) is 0 Å². The summed E-state index contributed by atoms with van der Waals surface area (Å²) in [5.74, 6) is 0.121. The molecule has 0 N–H and O–H groups in total. The molecule has 0 aliphatic rings. The lowest BCUT2D eigenvalue weighted by molar-refractivity contribution is 0.104. The van der Waals surface area contributed by atoms with Gasteiger partial charge in [0.2, 0.25) is 5.78 Å². The van der Waals surface area contributed by atoms with Crippen LogP contribution in [0.4, 0.5) is 0 Å². The maximum Gasteiger partial charge on any atom is 0.203 e. The Morgan fingerprint density at radius 1 is 0.900 bits per heavy atom. The van der Waals surface area contributed by atoms with E-state index in [1.807, 2.05) is 48.5 Å². The molecule has 0 spiro atoms. The first-order chi connectivity index (χ1) is 9.83. The Hall–Kier alpha value is -1.97. The number of benzene rings is 2. The highest BCUT2D eigenvalue weighted by Crippen LogP contribution is 2.32. The minimum absolute atomic E-state index is 0.121. The van der Waals surface area contributed by atoms with Crippen LogP contribution in [-0.4, -0.2) is 5.78 Å². The van der Waals surface area contributed by atoms with E-state index >= 15 is 0 Å². The molecule has 3 heteroatoms. The summed E-state index contributed by atoms with van der Waals surface area (Å²) >= 11 is 3.26. The van der Waals surface area contributed by atoms with Crippen LogP contribution >= 0.6 is 22.7 Å². The van der Waals surface area contributed by atoms with Crippen LogP contribution in [0, 0.1) is 0 Å². The molecule has 0 bridgehead atoms. The number of ketones is 1. The summed E-state index contributed by atoms with van der Waals surface area (Å²) in [6.45, 7) is 0. The largest absolute Gasteiger partial charge is 0.288 e. The summed E-state index contributed by atoms with van der Waals surface area (Å²) < 4.78 is 2.39. The van der Waals surface area contributed by atoms with E-state index in [2.05, 4.69) is 11.4 Å². The maximum atomic E-state index is 12.7. The smallest absolute Gasteiger partial charge is 0.203 e. The summed E-state index contributed by atoms with van der Waals surface area (Å²) in [6, 6.07) is 18.0. The van der Waals surface area contributed by atoms with Gasteiger partial charge < -0.3 is 0 Å². The van der Waals surface area contributed by atoms with Crippen LogP contribution in [0.25, 0.3) is 20.2 Å². The summed E-state index contributed by atoms with van der Waals surface area (Å²) in [5.41, 5.74) is 0.789. The molecule has 0 aliphatic heterocycles. The molecule has 0 radical (unpaired) electrons. The zero-order chi connectivity index (χ0) is 13.5. The second-order valence-corrected chi connectivity index (χ2v) is 6.65. The van der Waals surface area contributed by atoms with Crippen LogP contribution in [0.5, 0.6) is 0 Å². The third-order valence-electron chi connectivity index (χ3n) is 3.40. The van der Waals surface area contributed by atoms with Gasteiger partial charge in [0.05, 0.1) is 4.88 Å². The fourth-order valence-corrected chi connectivity index (χ4v) is 4.50. The van der Waals surface area contributed by atoms with Gasteiger partial charge in [0.25, 0.3) is 0 Å². The number of carbonyl (C=O) groups excluding carboxylic acids is 1. The van der Waals surface area contributed by atoms with Crippen molar-refractivity contribution in [2.24, 2.45) is 0 Å². The van der Waals surface area contributed by atoms with Gasteiger partial charge >= 0.3 is 0 Å². The molecule has 2 heterocycles. The van der Waals surface area contributed by atoms with E-state index in [-0.39, 0.29) is 5.78 Å². The molecular formula is C17H10OS2. The summed E-state index contributed by atoms with van der Waals surface area (Å²) in [6.07, 6.45) is 0. The SMILES string of the molecule is O=C(c1cc2sccc2s1)c1cccc2ccccc12. The first kappa shape index (κ1) is 11.8. The number of hydrogen-bond acceptors (Lipinski definition) is 3. The zero-order valence-electron chi connectivity index (χ0n) is 10.5. The predicted octanol–water partition coefficient (Wildman–Crippen LogP) is 5.35. The molecular weight excluding hydrogens is 284 g/mol. The van der Waals surface area contributed by atoms with Crippen LogP contribution in [0.3, 0.4) is 0 Å². The molecule has 0 amide bonds. The quantitative estimate of drug-likeness (QED) is 0.456. The van der Waals surface area contributed by atoms with Gasteiger partial charge in [-0.2, -0.15) is 0 Å². The first-order valence-corrected chi connectivity index (χ1v) is 8.02. The summed E-state index contributed by atoms with van der Waals surface area (Å²) in [5, 5.41) is 4.20. The van der Waals surface area contributed by atoms with Crippen LogP contribution < -0.4 is 0 Å². The number of fused-ring (bicyclic) bond motifs is 2. The third kappa shape index (κ3) is 1.79. The van der Waals surface area contributed by atoms with Crippen LogP contribution in [0.15, 0.2) is 60.0 Å². The molecule has 4 aromatic rings. The lowest BCUT2D eigenvalue weighted by Gasteiger charge is -2.04. The molecule has 0 saturated heterocycles. The predicted molar refractivity (Wildman–Crippen MR) is 87.1 cm³/mol. The van der Waals surface area contributed by atoms with E-state index < -0.39 is 0 Å². The molecule has 2 aromatic heterocycles. The van der Waals surface area contributed by atoms with Gasteiger partial charge in [0.15, 0.2) is 0 Å². The fourth-order valence-electron chi connectivity index (χ4n) is 2.43. The van der Waals surface area contributed by atoms with E-state index in [1.165, 1.54) is 9.40 Å². The number of hydrogen-bond donors (Lipinski definition) is 0. The summed E-state index contributed by atoms with van der Waals surface area (Å²) in [4.78, 5) is 13.6. The highest BCUT2D eigenvalue weighted by atomic mass is 32.1. The molecule has 0 fully saturated rings. The zero-order valence-corrected chi connectivity index (χ0v) is 12.1. The molecule has 1 nitrogen and oxygen atoms in total. The number of carbonyl (C=O) groups is 1. The van der Waals surface area contributed by atoms with E-state index in [0.29, 0.717) is 0 Å². The van der Waals surface area contributed by atoms with Crippen molar-refractivity contribution in [3.8, 4) is 0 Å². The molecule has 96 valence electrons. The number of rotatable bonds is 2. The molecule has 20 heavy (non-hydrogen) atoms. The van der Waals surface area contributed by atoms with Gasteiger partial charge in [-0.25, -0.2) is 0 Å². The van der Waals surface area contributed by atoms with Crippen LogP contribution in [0.2, 0.25) is 0 Å². The monoisotopic (exact) mass is 294 g/mol. The van der Waals surface area contributed by atoms with Gasteiger partial charge in [-0.05, 0) is 28.3 Å². The van der Waals surface area contributed by atoms with Gasteiger partial charge in [0.1, 0.15) is 0 Å². The van der Waals surface area contributed by atoms with Crippen molar-refractivity contribution in [3.63, 3.8) is 0 Å². The van der Waals surface area contributed by atoms with Gasteiger partial charge in [-0.1, -0.05) is 42.5 Å². The van der Waals surface area contributed by atoms with Crippen molar-refractivity contribution in [3.05, 3.63) is 70.4 Å². The van der Waals surface area contributed by atoms with E-state index in [0.717, 1.165) is 21.2 Å². The standard InChI is InChI=1S/C17H10OS2/c18-17(16-10-15-14(20-16)8-9-19-15)13-7-3-5-11-4-1-2-6-12(11)13/h1-10H. The van der Waals surface area contributed by atoms with Crippen LogP contribution in [0.1, 0.15) is 15.2 Å². The second-order valence-electron chi connectivity index (χ2n) is 4.62. The molecule has 2 aromatic carbocycles. The van der Waals surface area contributed by atoms with E-state index in [4.69, 9.17) is 0 Å². The minimum atomic E-state index is 0.121. The highest BCUT2D eigenvalue weighted by Gasteiger charge is 2.15. The summed E-state index contributed by atoms with van der Waals surface area (Å²) in [7, 11) is 0. The lowest BCUT2D eigenvalue weighted by Crippen LogP contribution is -1.99. The Labute approximate surface area is 124 Å². The van der Waals surface area contributed by atoms with Gasteiger partial charge in [-0.15, -0.1) is 22.7 Å². The topological polar surface area (TPSA) is 17.1 Å². The second kappa shape index (κ2) is 4.54. The Balaban J connectivity index is 1.90. The minimum Gasteiger partial charge on any atom is -0.288 e. The Morgan fingerprint density at radius 3 is 2.65 bits per heavy atom. The number of thiophene rings is 2. The van der Waals surface area contributed by atoms with Crippen molar-refractivity contribution >= 4 is 48.6 Å². The lowest BCUT2D eigenvalue weighted by atomic mass is 10.0. The Morgan fingerprint density at radius 2 is 1.75 bits per heavy atom. The van der Waals surface area contributed by atoms with E-state index in [9.17, 15) is 4.79 Å².